The summed E-state index contributed by atoms with van der Waals surface area (Å²) < 4.78 is 16.0. The molecule has 1 saturated heterocycles. The number of likely N-dealkylation sites (tertiary alicyclic amines) is 1. The van der Waals surface area contributed by atoms with Crippen molar-refractivity contribution >= 4 is 5.97 Å². The quantitative estimate of drug-likeness (QED) is 0.750. The molecule has 6 nitrogen and oxygen atoms in total. The number of methoxy groups -OCH3 is 1. The van der Waals surface area contributed by atoms with Crippen LogP contribution in [0.15, 0.2) is 35.1 Å². The molecule has 3 rings (SSSR count). The minimum absolute atomic E-state index is 0.224. The molecule has 1 aliphatic rings. The van der Waals surface area contributed by atoms with Crippen molar-refractivity contribution in [2.24, 2.45) is 5.92 Å². The van der Waals surface area contributed by atoms with Crippen LogP contribution in [0.4, 0.5) is 0 Å². The second-order valence-corrected chi connectivity index (χ2v) is 6.32. The molecule has 2 heterocycles. The van der Waals surface area contributed by atoms with E-state index in [1.165, 1.54) is 12.0 Å². The molecule has 0 unspecified atom stereocenters. The fraction of sp³-hybridized carbons (Fsp3) is 0.474. The van der Waals surface area contributed by atoms with E-state index in [-0.39, 0.29) is 17.7 Å². The summed E-state index contributed by atoms with van der Waals surface area (Å²) in [7, 11) is 3.76. The van der Waals surface area contributed by atoms with Gasteiger partial charge in [-0.15, -0.1) is 0 Å². The number of hydrogen-bond acceptors (Lipinski definition) is 6. The van der Waals surface area contributed by atoms with Crippen molar-refractivity contribution in [2.45, 2.75) is 25.8 Å². The summed E-state index contributed by atoms with van der Waals surface area (Å²) in [6.07, 6.45) is 2.89. The molecule has 0 aliphatic carbocycles. The molecule has 2 atom stereocenters. The lowest BCUT2D eigenvalue weighted by molar-refractivity contribution is 0.0403. The molecule has 0 amide bonds. The van der Waals surface area contributed by atoms with Gasteiger partial charge >= 0.3 is 5.97 Å². The molecular formula is C19H24N2O4. The Morgan fingerprint density at radius 1 is 1.36 bits per heavy atom. The van der Waals surface area contributed by atoms with Crippen LogP contribution in [0.1, 0.15) is 41.2 Å². The lowest BCUT2D eigenvalue weighted by Crippen LogP contribution is -2.24. The van der Waals surface area contributed by atoms with Crippen LogP contribution >= 0.6 is 0 Å². The first-order valence-corrected chi connectivity index (χ1v) is 8.57. The third-order valence-corrected chi connectivity index (χ3v) is 4.82. The highest BCUT2D eigenvalue weighted by Crippen LogP contribution is 2.37. The minimum atomic E-state index is -0.409. The Labute approximate surface area is 147 Å². The highest BCUT2D eigenvalue weighted by Gasteiger charge is 2.34. The maximum absolute atomic E-state index is 12.3. The normalized spacial score (nSPS) is 20.6. The summed E-state index contributed by atoms with van der Waals surface area (Å²) in [6, 6.07) is 8.31. The monoisotopic (exact) mass is 344 g/mol. The maximum atomic E-state index is 12.3. The first kappa shape index (κ1) is 17.5. The van der Waals surface area contributed by atoms with Crippen LogP contribution in [-0.2, 0) is 11.2 Å². The van der Waals surface area contributed by atoms with Crippen molar-refractivity contribution in [2.75, 3.05) is 27.3 Å². The molecule has 0 spiro atoms. The molecule has 0 radical (unpaired) electrons. The number of oxazole rings is 1. The van der Waals surface area contributed by atoms with Gasteiger partial charge < -0.3 is 13.9 Å². The Hall–Kier alpha value is -2.34. The number of aromatic nitrogens is 1. The lowest BCUT2D eigenvalue weighted by Gasteiger charge is -2.25. The van der Waals surface area contributed by atoms with Crippen LogP contribution in [-0.4, -0.2) is 43.2 Å². The van der Waals surface area contributed by atoms with Crippen LogP contribution in [0.2, 0.25) is 0 Å². The topological polar surface area (TPSA) is 64.8 Å². The molecule has 134 valence electrons. The highest BCUT2D eigenvalue weighted by molar-refractivity contribution is 5.88. The van der Waals surface area contributed by atoms with E-state index < -0.39 is 5.97 Å². The van der Waals surface area contributed by atoms with Crippen molar-refractivity contribution < 1.29 is 18.7 Å². The molecule has 0 N–H and O–H groups in total. The van der Waals surface area contributed by atoms with E-state index >= 15 is 0 Å². The highest BCUT2D eigenvalue weighted by atomic mass is 16.5. The zero-order chi connectivity index (χ0) is 17.8. The molecule has 1 aromatic heterocycles. The summed E-state index contributed by atoms with van der Waals surface area (Å²) in [5.74, 6) is 1.25. The van der Waals surface area contributed by atoms with Crippen LogP contribution in [0.3, 0.4) is 0 Å². The molecule has 2 aromatic rings. The first-order chi connectivity index (χ1) is 12.1. The van der Waals surface area contributed by atoms with E-state index in [0.717, 1.165) is 18.7 Å². The Morgan fingerprint density at radius 3 is 2.80 bits per heavy atom. The zero-order valence-corrected chi connectivity index (χ0v) is 14.9. The molecule has 1 aromatic carbocycles. The summed E-state index contributed by atoms with van der Waals surface area (Å²) in [6.45, 7) is 3.27. The SMILES string of the molecule is CCc1ocnc1C(=O)OC[C@H]1CCN(C)[C@@H]1c1ccc(OC)cc1. The predicted octanol–water partition coefficient (Wildman–Crippen LogP) is 3.10. The Balaban J connectivity index is 1.67. The fourth-order valence-corrected chi connectivity index (χ4v) is 3.47. The van der Waals surface area contributed by atoms with Crippen molar-refractivity contribution in [1.82, 2.24) is 9.88 Å². The maximum Gasteiger partial charge on any atom is 0.360 e. The van der Waals surface area contributed by atoms with Gasteiger partial charge in [-0.05, 0) is 37.7 Å². The number of benzene rings is 1. The Kier molecular flexibility index (Phi) is 5.38. The number of carbonyl (C=O) groups excluding carboxylic acids is 1. The summed E-state index contributed by atoms with van der Waals surface area (Å²) in [5, 5.41) is 0. The molecule has 1 aliphatic heterocycles. The van der Waals surface area contributed by atoms with Crippen molar-refractivity contribution in [3.63, 3.8) is 0 Å². The average molecular weight is 344 g/mol. The van der Waals surface area contributed by atoms with Crippen molar-refractivity contribution in [3.05, 3.63) is 47.7 Å². The summed E-state index contributed by atoms with van der Waals surface area (Å²) in [5.41, 5.74) is 1.49. The van der Waals surface area contributed by atoms with Gasteiger partial charge in [-0.1, -0.05) is 19.1 Å². The van der Waals surface area contributed by atoms with E-state index in [9.17, 15) is 4.79 Å². The smallest absolute Gasteiger partial charge is 0.360 e. The minimum Gasteiger partial charge on any atom is -0.497 e. The second kappa shape index (κ2) is 7.70. The van der Waals surface area contributed by atoms with Gasteiger partial charge in [-0.3, -0.25) is 4.90 Å². The molecule has 25 heavy (non-hydrogen) atoms. The van der Waals surface area contributed by atoms with Gasteiger partial charge in [0, 0.05) is 18.4 Å². The van der Waals surface area contributed by atoms with E-state index in [4.69, 9.17) is 13.9 Å². The van der Waals surface area contributed by atoms with Crippen molar-refractivity contribution in [3.8, 4) is 5.75 Å². The number of esters is 1. The van der Waals surface area contributed by atoms with E-state index in [0.29, 0.717) is 18.8 Å². The van der Waals surface area contributed by atoms with Gasteiger partial charge in [-0.2, -0.15) is 0 Å². The van der Waals surface area contributed by atoms with Crippen LogP contribution in [0.5, 0.6) is 5.75 Å². The Morgan fingerprint density at radius 2 is 2.12 bits per heavy atom. The average Bonchev–Trinajstić information content (AvgIpc) is 3.26. The third kappa shape index (κ3) is 3.69. The second-order valence-electron chi connectivity index (χ2n) is 6.32. The molecule has 0 bridgehead atoms. The Bertz CT molecular complexity index is 710. The van der Waals surface area contributed by atoms with Crippen molar-refractivity contribution in [1.29, 1.82) is 0 Å². The molecular weight excluding hydrogens is 320 g/mol. The number of aryl methyl sites for hydroxylation is 1. The van der Waals surface area contributed by atoms with Gasteiger partial charge in [0.05, 0.1) is 13.7 Å². The largest absolute Gasteiger partial charge is 0.497 e. The number of carbonyl (C=O) groups is 1. The van der Waals surface area contributed by atoms with E-state index in [2.05, 4.69) is 29.1 Å². The van der Waals surface area contributed by atoms with Gasteiger partial charge in [0.15, 0.2) is 12.1 Å². The molecule has 1 fully saturated rings. The van der Waals surface area contributed by atoms with Crippen LogP contribution in [0, 0.1) is 5.92 Å². The summed E-state index contributed by atoms with van der Waals surface area (Å²) in [4.78, 5) is 18.6. The first-order valence-electron chi connectivity index (χ1n) is 8.57. The number of nitrogens with zero attached hydrogens (tertiary/aromatic N) is 2. The van der Waals surface area contributed by atoms with Gasteiger partial charge in [0.1, 0.15) is 11.5 Å². The number of rotatable bonds is 6. The van der Waals surface area contributed by atoms with Gasteiger partial charge in [0.2, 0.25) is 0 Å². The standard InChI is InChI=1S/C19H24N2O4/c1-4-16-17(20-12-25-16)19(22)24-11-14-9-10-21(2)18(14)13-5-7-15(23-3)8-6-13/h5-8,12,14,18H,4,9-11H2,1-3H3/t14-,18-/m1/s1. The summed E-state index contributed by atoms with van der Waals surface area (Å²) >= 11 is 0. The third-order valence-electron chi connectivity index (χ3n) is 4.82. The number of ether oxygens (including phenoxy) is 2. The van der Waals surface area contributed by atoms with Crippen LogP contribution < -0.4 is 4.74 Å². The van der Waals surface area contributed by atoms with E-state index in [1.807, 2.05) is 19.1 Å². The number of hydrogen-bond donors (Lipinski definition) is 0. The van der Waals surface area contributed by atoms with E-state index in [1.54, 1.807) is 7.11 Å². The van der Waals surface area contributed by atoms with Crippen LogP contribution in [0.25, 0.3) is 0 Å². The zero-order valence-electron chi connectivity index (χ0n) is 14.9. The fourth-order valence-electron chi connectivity index (χ4n) is 3.47. The van der Waals surface area contributed by atoms with Gasteiger partial charge in [0.25, 0.3) is 0 Å². The van der Waals surface area contributed by atoms with Gasteiger partial charge in [-0.25, -0.2) is 9.78 Å². The predicted molar refractivity (Wildman–Crippen MR) is 92.6 cm³/mol. The molecule has 6 heteroatoms. The lowest BCUT2D eigenvalue weighted by atomic mass is 9.94. The molecule has 0 saturated carbocycles.